The van der Waals surface area contributed by atoms with Gasteiger partial charge in [0.2, 0.25) is 5.91 Å². The van der Waals surface area contributed by atoms with Gasteiger partial charge in [-0.25, -0.2) is 0 Å². The summed E-state index contributed by atoms with van der Waals surface area (Å²) in [7, 11) is 0. The van der Waals surface area contributed by atoms with Crippen molar-refractivity contribution >= 4 is 22.8 Å². The Kier molecular flexibility index (Phi) is 5.48. The van der Waals surface area contributed by atoms with Crippen LogP contribution in [0, 0.1) is 5.92 Å². The van der Waals surface area contributed by atoms with Crippen LogP contribution in [0.15, 0.2) is 54.7 Å². The first-order chi connectivity index (χ1) is 14.4. The number of ether oxygens (including phenoxy) is 2. The summed E-state index contributed by atoms with van der Waals surface area (Å²) in [6.45, 7) is 4.55. The molecule has 0 bridgehead atoms. The van der Waals surface area contributed by atoms with Gasteiger partial charge >= 0.3 is 5.97 Å². The van der Waals surface area contributed by atoms with Crippen LogP contribution in [0.4, 0.5) is 0 Å². The smallest absolute Gasteiger partial charge is 0.307 e. The molecule has 3 aromatic rings. The summed E-state index contributed by atoms with van der Waals surface area (Å²) in [5, 5.41) is 4.03. The molecule has 1 aliphatic rings. The summed E-state index contributed by atoms with van der Waals surface area (Å²) in [6, 6.07) is 16.0. The molecule has 6 heteroatoms. The summed E-state index contributed by atoms with van der Waals surface area (Å²) >= 11 is 0. The van der Waals surface area contributed by atoms with Crippen LogP contribution in [0.5, 0.6) is 5.75 Å². The minimum Gasteiger partial charge on any atom is -0.489 e. The van der Waals surface area contributed by atoms with Crippen LogP contribution >= 0.6 is 0 Å². The van der Waals surface area contributed by atoms with Crippen LogP contribution in [0.25, 0.3) is 10.9 Å². The van der Waals surface area contributed by atoms with E-state index in [0.717, 1.165) is 27.8 Å². The maximum atomic E-state index is 12.5. The number of nitrogens with one attached hydrogen (secondary N) is 2. The Morgan fingerprint density at radius 3 is 2.77 bits per heavy atom. The molecule has 1 atom stereocenters. The van der Waals surface area contributed by atoms with Crippen LogP contribution in [0.1, 0.15) is 31.4 Å². The van der Waals surface area contributed by atoms with Gasteiger partial charge in [0.05, 0.1) is 12.3 Å². The number of hydrogen-bond acceptors (Lipinski definition) is 4. The molecular formula is C24H26N2O4. The lowest BCUT2D eigenvalue weighted by Crippen LogP contribution is -2.41. The van der Waals surface area contributed by atoms with Gasteiger partial charge in [-0.1, -0.05) is 30.3 Å². The zero-order chi connectivity index (χ0) is 21.1. The Bertz CT molecular complexity index is 1060. The minimum atomic E-state index is -0.757. The number of carbonyl (C=O) groups excluding carboxylic acids is 2. The second-order valence-electron chi connectivity index (χ2n) is 8.17. The SMILES string of the molecule is CC1(C)OC(=O)CC1C(=O)NCCc1c[nH]c2ccc(OCc3ccccc3)cc12. The molecule has 2 N–H and O–H groups in total. The monoisotopic (exact) mass is 406 g/mol. The quantitative estimate of drug-likeness (QED) is 0.586. The van der Waals surface area contributed by atoms with Gasteiger partial charge in [0, 0.05) is 23.6 Å². The number of H-pyrrole nitrogens is 1. The third-order valence-corrected chi connectivity index (χ3v) is 5.58. The molecule has 1 aliphatic heterocycles. The van der Waals surface area contributed by atoms with E-state index in [0.29, 0.717) is 19.6 Å². The summed E-state index contributed by atoms with van der Waals surface area (Å²) in [4.78, 5) is 27.3. The van der Waals surface area contributed by atoms with E-state index in [9.17, 15) is 9.59 Å². The molecule has 0 saturated carbocycles. The first-order valence-corrected chi connectivity index (χ1v) is 10.2. The average molecular weight is 406 g/mol. The topological polar surface area (TPSA) is 80.4 Å². The van der Waals surface area contributed by atoms with E-state index in [1.54, 1.807) is 13.8 Å². The van der Waals surface area contributed by atoms with Crippen molar-refractivity contribution in [3.8, 4) is 5.75 Å². The van der Waals surface area contributed by atoms with Crippen molar-refractivity contribution in [3.63, 3.8) is 0 Å². The van der Waals surface area contributed by atoms with Crippen LogP contribution in [-0.4, -0.2) is 29.0 Å². The molecule has 0 spiro atoms. The maximum Gasteiger partial charge on any atom is 0.307 e. The summed E-state index contributed by atoms with van der Waals surface area (Å²) in [5.41, 5.74) is 2.49. The van der Waals surface area contributed by atoms with Crippen molar-refractivity contribution in [3.05, 3.63) is 65.9 Å². The molecular weight excluding hydrogens is 380 g/mol. The molecule has 1 fully saturated rings. The van der Waals surface area contributed by atoms with Gasteiger partial charge in [0.15, 0.2) is 0 Å². The van der Waals surface area contributed by atoms with Gasteiger partial charge in [0.1, 0.15) is 18.0 Å². The van der Waals surface area contributed by atoms with Gasteiger partial charge in [-0.15, -0.1) is 0 Å². The van der Waals surface area contributed by atoms with Crippen molar-refractivity contribution in [2.24, 2.45) is 5.92 Å². The highest BCUT2D eigenvalue weighted by atomic mass is 16.6. The fraction of sp³-hybridized carbons (Fsp3) is 0.333. The second-order valence-corrected chi connectivity index (χ2v) is 8.17. The lowest BCUT2D eigenvalue weighted by atomic mass is 9.90. The molecule has 6 nitrogen and oxygen atoms in total. The second kappa shape index (κ2) is 8.22. The highest BCUT2D eigenvalue weighted by molar-refractivity contribution is 5.88. The van der Waals surface area contributed by atoms with Gasteiger partial charge in [-0.2, -0.15) is 0 Å². The lowest BCUT2D eigenvalue weighted by Gasteiger charge is -2.23. The van der Waals surface area contributed by atoms with Gasteiger partial charge in [0.25, 0.3) is 0 Å². The van der Waals surface area contributed by atoms with E-state index in [-0.39, 0.29) is 18.3 Å². The lowest BCUT2D eigenvalue weighted by molar-refractivity contribution is -0.147. The molecule has 30 heavy (non-hydrogen) atoms. The summed E-state index contributed by atoms with van der Waals surface area (Å²) in [6.07, 6.45) is 2.77. The number of aromatic amines is 1. The van der Waals surface area contributed by atoms with E-state index in [4.69, 9.17) is 9.47 Å². The number of benzene rings is 2. The normalized spacial score (nSPS) is 17.7. The molecule has 1 saturated heterocycles. The number of aromatic nitrogens is 1. The molecule has 156 valence electrons. The van der Waals surface area contributed by atoms with Gasteiger partial charge in [-0.05, 0) is 49.6 Å². The van der Waals surface area contributed by atoms with E-state index in [2.05, 4.69) is 10.3 Å². The molecule has 1 unspecified atom stereocenters. The van der Waals surface area contributed by atoms with Crippen molar-refractivity contribution in [2.45, 2.75) is 38.9 Å². The molecule has 1 amide bonds. The number of rotatable bonds is 7. The van der Waals surface area contributed by atoms with E-state index >= 15 is 0 Å². The van der Waals surface area contributed by atoms with Gasteiger partial charge < -0.3 is 19.8 Å². The van der Waals surface area contributed by atoms with Crippen LogP contribution < -0.4 is 10.1 Å². The third kappa shape index (κ3) is 4.32. The highest BCUT2D eigenvalue weighted by Gasteiger charge is 2.45. The zero-order valence-electron chi connectivity index (χ0n) is 17.2. The molecule has 0 radical (unpaired) electrons. The van der Waals surface area contributed by atoms with Crippen LogP contribution in [0.3, 0.4) is 0 Å². The largest absolute Gasteiger partial charge is 0.489 e. The average Bonchev–Trinajstić information content (AvgIpc) is 3.25. The van der Waals surface area contributed by atoms with Crippen molar-refractivity contribution < 1.29 is 19.1 Å². The Morgan fingerprint density at radius 1 is 1.23 bits per heavy atom. The van der Waals surface area contributed by atoms with E-state index < -0.39 is 11.5 Å². The van der Waals surface area contributed by atoms with Crippen LogP contribution in [0.2, 0.25) is 0 Å². The molecule has 2 heterocycles. The maximum absolute atomic E-state index is 12.5. The number of amides is 1. The Balaban J connectivity index is 1.37. The van der Waals surface area contributed by atoms with E-state index in [1.807, 2.05) is 54.7 Å². The van der Waals surface area contributed by atoms with Crippen LogP contribution in [-0.2, 0) is 27.4 Å². The number of fused-ring (bicyclic) bond motifs is 1. The predicted molar refractivity (Wildman–Crippen MR) is 114 cm³/mol. The van der Waals surface area contributed by atoms with Crippen molar-refractivity contribution in [2.75, 3.05) is 6.54 Å². The Labute approximate surface area is 175 Å². The Morgan fingerprint density at radius 2 is 2.03 bits per heavy atom. The fourth-order valence-corrected chi connectivity index (χ4v) is 3.87. The number of esters is 1. The predicted octanol–water partition coefficient (Wildman–Crippen LogP) is 3.75. The zero-order valence-corrected chi connectivity index (χ0v) is 17.2. The van der Waals surface area contributed by atoms with Crippen molar-refractivity contribution in [1.82, 2.24) is 10.3 Å². The summed E-state index contributed by atoms with van der Waals surface area (Å²) in [5.74, 6) is -0.108. The minimum absolute atomic E-state index is 0.133. The van der Waals surface area contributed by atoms with E-state index in [1.165, 1.54) is 0 Å². The first-order valence-electron chi connectivity index (χ1n) is 10.2. The standard InChI is InChI=1S/C24H26N2O4/c1-24(2)20(13-22(27)30-24)23(28)25-11-10-17-14-26-21-9-8-18(12-19(17)21)29-15-16-6-4-3-5-7-16/h3-9,12,14,20,26H,10-11,13,15H2,1-2H3,(H,25,28). The van der Waals surface area contributed by atoms with Crippen molar-refractivity contribution in [1.29, 1.82) is 0 Å². The highest BCUT2D eigenvalue weighted by Crippen LogP contribution is 2.32. The molecule has 1 aromatic heterocycles. The Hall–Kier alpha value is -3.28. The number of cyclic esters (lactones) is 1. The molecule has 4 rings (SSSR count). The van der Waals surface area contributed by atoms with Gasteiger partial charge in [-0.3, -0.25) is 9.59 Å². The molecule has 2 aromatic carbocycles. The number of carbonyl (C=O) groups is 2. The summed E-state index contributed by atoms with van der Waals surface area (Å²) < 4.78 is 11.2. The first kappa shape index (κ1) is 20.0. The number of hydrogen-bond donors (Lipinski definition) is 2. The fourth-order valence-electron chi connectivity index (χ4n) is 3.87. The third-order valence-electron chi connectivity index (χ3n) is 5.58. The molecule has 0 aliphatic carbocycles.